The Bertz CT molecular complexity index is 316. The molecule has 82 valence electrons. The highest BCUT2D eigenvalue weighted by atomic mass is 79.9. The number of halogens is 1. The summed E-state index contributed by atoms with van der Waals surface area (Å²) in [6.45, 7) is 4.38. The molecule has 0 N–H and O–H groups in total. The van der Waals surface area contributed by atoms with E-state index in [9.17, 15) is 4.79 Å². The number of Topliss-reactive ketones (excluding diaryl/α,β-unsaturated/α-hetero) is 1. The molecule has 1 atom stereocenters. The Labute approximate surface area is 100 Å². The van der Waals surface area contributed by atoms with Gasteiger partial charge < -0.3 is 0 Å². The fourth-order valence-electron chi connectivity index (χ4n) is 1.46. The van der Waals surface area contributed by atoms with Crippen LogP contribution in [0.15, 0.2) is 24.3 Å². The third-order valence-electron chi connectivity index (χ3n) is 2.74. The van der Waals surface area contributed by atoms with Gasteiger partial charge in [0.25, 0.3) is 0 Å². The molecule has 1 aromatic carbocycles. The lowest BCUT2D eigenvalue weighted by atomic mass is 9.96. The number of ketones is 1. The molecule has 0 aliphatic rings. The standard InChI is InChI=1S/C13H17BrO/c1-3-10(2)11-4-6-12(7-5-11)13(15)8-9-14/h4-7,10H,3,8-9H2,1-2H3. The summed E-state index contributed by atoms with van der Waals surface area (Å²) in [7, 11) is 0. The largest absolute Gasteiger partial charge is 0.294 e. The lowest BCUT2D eigenvalue weighted by Crippen LogP contribution is -2.00. The molecular weight excluding hydrogens is 252 g/mol. The summed E-state index contributed by atoms with van der Waals surface area (Å²) < 4.78 is 0. The summed E-state index contributed by atoms with van der Waals surface area (Å²) in [5.41, 5.74) is 2.13. The van der Waals surface area contributed by atoms with Crippen LogP contribution in [0, 0.1) is 0 Å². The maximum Gasteiger partial charge on any atom is 0.163 e. The monoisotopic (exact) mass is 268 g/mol. The van der Waals surface area contributed by atoms with Gasteiger partial charge in [0.05, 0.1) is 0 Å². The van der Waals surface area contributed by atoms with Crippen molar-refractivity contribution in [1.29, 1.82) is 0 Å². The average molecular weight is 269 g/mol. The summed E-state index contributed by atoms with van der Waals surface area (Å²) in [6.07, 6.45) is 1.71. The molecule has 0 spiro atoms. The van der Waals surface area contributed by atoms with Crippen LogP contribution >= 0.6 is 15.9 Å². The number of carbonyl (C=O) groups excluding carboxylic acids is 1. The fourth-order valence-corrected chi connectivity index (χ4v) is 1.82. The van der Waals surface area contributed by atoms with Gasteiger partial charge in [-0.1, -0.05) is 54.0 Å². The molecule has 0 bridgehead atoms. The van der Waals surface area contributed by atoms with Gasteiger partial charge in [0, 0.05) is 17.3 Å². The highest BCUT2D eigenvalue weighted by Gasteiger charge is 2.06. The first-order chi connectivity index (χ1) is 7.19. The number of alkyl halides is 1. The van der Waals surface area contributed by atoms with Crippen molar-refractivity contribution in [1.82, 2.24) is 0 Å². The van der Waals surface area contributed by atoms with Gasteiger partial charge in [0.1, 0.15) is 0 Å². The molecule has 0 aliphatic carbocycles. The molecule has 1 aromatic rings. The van der Waals surface area contributed by atoms with Crippen LogP contribution in [0.25, 0.3) is 0 Å². The number of benzene rings is 1. The van der Waals surface area contributed by atoms with Crippen LogP contribution in [0.5, 0.6) is 0 Å². The van der Waals surface area contributed by atoms with Crippen molar-refractivity contribution in [2.24, 2.45) is 0 Å². The Morgan fingerprint density at radius 2 is 1.93 bits per heavy atom. The predicted molar refractivity (Wildman–Crippen MR) is 67.9 cm³/mol. The minimum absolute atomic E-state index is 0.211. The molecule has 0 saturated heterocycles. The first-order valence-corrected chi connectivity index (χ1v) is 6.50. The van der Waals surface area contributed by atoms with Gasteiger partial charge >= 0.3 is 0 Å². The second-order valence-electron chi connectivity index (χ2n) is 3.79. The Morgan fingerprint density at radius 1 is 1.33 bits per heavy atom. The smallest absolute Gasteiger partial charge is 0.163 e. The molecule has 15 heavy (non-hydrogen) atoms. The van der Waals surface area contributed by atoms with Crippen LogP contribution in [0.2, 0.25) is 0 Å². The molecule has 0 saturated carbocycles. The topological polar surface area (TPSA) is 17.1 Å². The minimum atomic E-state index is 0.211. The maximum absolute atomic E-state index is 11.6. The SMILES string of the molecule is CCC(C)c1ccc(C(=O)CCBr)cc1. The van der Waals surface area contributed by atoms with Crippen molar-refractivity contribution >= 4 is 21.7 Å². The third-order valence-corrected chi connectivity index (χ3v) is 3.13. The number of hydrogen-bond donors (Lipinski definition) is 0. The van der Waals surface area contributed by atoms with Crippen LogP contribution in [-0.4, -0.2) is 11.1 Å². The molecular formula is C13H17BrO. The van der Waals surface area contributed by atoms with Crippen LogP contribution in [-0.2, 0) is 0 Å². The highest BCUT2D eigenvalue weighted by molar-refractivity contribution is 9.09. The van der Waals surface area contributed by atoms with Gasteiger partial charge in [0.15, 0.2) is 5.78 Å². The second kappa shape index (κ2) is 6.06. The molecule has 1 unspecified atom stereocenters. The lowest BCUT2D eigenvalue weighted by molar-refractivity contribution is 0.0990. The minimum Gasteiger partial charge on any atom is -0.294 e. The van der Waals surface area contributed by atoms with Gasteiger partial charge in [-0.05, 0) is 17.9 Å². The summed E-state index contributed by atoms with van der Waals surface area (Å²) >= 11 is 3.28. The van der Waals surface area contributed by atoms with E-state index in [-0.39, 0.29) is 5.78 Å². The van der Waals surface area contributed by atoms with E-state index >= 15 is 0 Å². The molecule has 1 nitrogen and oxygen atoms in total. The lowest BCUT2D eigenvalue weighted by Gasteiger charge is -2.09. The second-order valence-corrected chi connectivity index (χ2v) is 4.59. The van der Waals surface area contributed by atoms with E-state index in [4.69, 9.17) is 0 Å². The molecule has 2 heteroatoms. The van der Waals surface area contributed by atoms with Crippen molar-refractivity contribution < 1.29 is 4.79 Å². The van der Waals surface area contributed by atoms with Gasteiger partial charge in [-0.3, -0.25) is 4.79 Å². The van der Waals surface area contributed by atoms with E-state index in [1.807, 2.05) is 12.1 Å². The first kappa shape index (κ1) is 12.4. The maximum atomic E-state index is 11.6. The molecule has 0 heterocycles. The van der Waals surface area contributed by atoms with Gasteiger partial charge in [0.2, 0.25) is 0 Å². The van der Waals surface area contributed by atoms with E-state index in [0.29, 0.717) is 12.3 Å². The van der Waals surface area contributed by atoms with Crippen molar-refractivity contribution in [3.63, 3.8) is 0 Å². The molecule has 0 radical (unpaired) electrons. The van der Waals surface area contributed by atoms with E-state index < -0.39 is 0 Å². The van der Waals surface area contributed by atoms with E-state index in [0.717, 1.165) is 17.3 Å². The van der Waals surface area contributed by atoms with E-state index in [1.54, 1.807) is 0 Å². The van der Waals surface area contributed by atoms with Crippen LogP contribution in [0.3, 0.4) is 0 Å². The summed E-state index contributed by atoms with van der Waals surface area (Å²) in [5.74, 6) is 0.785. The Morgan fingerprint density at radius 3 is 2.40 bits per heavy atom. The van der Waals surface area contributed by atoms with Crippen molar-refractivity contribution in [2.45, 2.75) is 32.6 Å². The molecule has 1 rings (SSSR count). The zero-order valence-electron chi connectivity index (χ0n) is 9.29. The van der Waals surface area contributed by atoms with Crippen LogP contribution < -0.4 is 0 Å². The number of carbonyl (C=O) groups is 1. The van der Waals surface area contributed by atoms with E-state index in [1.165, 1.54) is 5.56 Å². The van der Waals surface area contributed by atoms with Crippen molar-refractivity contribution in [3.05, 3.63) is 35.4 Å². The van der Waals surface area contributed by atoms with E-state index in [2.05, 4.69) is 41.9 Å². The molecule has 0 aromatic heterocycles. The Hall–Kier alpha value is -0.630. The highest BCUT2D eigenvalue weighted by Crippen LogP contribution is 2.19. The molecule has 0 aliphatic heterocycles. The third kappa shape index (κ3) is 3.45. The van der Waals surface area contributed by atoms with Crippen molar-refractivity contribution in [2.75, 3.05) is 5.33 Å². The summed E-state index contributed by atoms with van der Waals surface area (Å²) in [5, 5.41) is 0.735. The first-order valence-electron chi connectivity index (χ1n) is 5.38. The molecule has 0 amide bonds. The van der Waals surface area contributed by atoms with Crippen molar-refractivity contribution in [3.8, 4) is 0 Å². The number of rotatable bonds is 5. The number of hydrogen-bond acceptors (Lipinski definition) is 1. The van der Waals surface area contributed by atoms with Gasteiger partial charge in [-0.2, -0.15) is 0 Å². The summed E-state index contributed by atoms with van der Waals surface area (Å²) in [4.78, 5) is 11.6. The Balaban J connectivity index is 2.76. The average Bonchev–Trinajstić information content (AvgIpc) is 2.28. The predicted octanol–water partition coefficient (Wildman–Crippen LogP) is 4.17. The van der Waals surface area contributed by atoms with Gasteiger partial charge in [-0.15, -0.1) is 0 Å². The zero-order chi connectivity index (χ0) is 11.3. The summed E-state index contributed by atoms with van der Waals surface area (Å²) in [6, 6.07) is 8.00. The molecule has 0 fully saturated rings. The van der Waals surface area contributed by atoms with Crippen LogP contribution in [0.4, 0.5) is 0 Å². The Kier molecular flexibility index (Phi) is 5.03. The zero-order valence-corrected chi connectivity index (χ0v) is 10.9. The van der Waals surface area contributed by atoms with Crippen LogP contribution in [0.1, 0.15) is 48.5 Å². The quantitative estimate of drug-likeness (QED) is 0.579. The fraction of sp³-hybridized carbons (Fsp3) is 0.462. The normalized spacial score (nSPS) is 12.5. The van der Waals surface area contributed by atoms with Gasteiger partial charge in [-0.25, -0.2) is 0 Å².